The van der Waals surface area contributed by atoms with Crippen molar-refractivity contribution in [2.24, 2.45) is 17.4 Å². The van der Waals surface area contributed by atoms with E-state index in [4.69, 9.17) is 35.5 Å². The molecule has 0 aromatic rings. The van der Waals surface area contributed by atoms with Crippen LogP contribution in [0.5, 0.6) is 0 Å². The van der Waals surface area contributed by atoms with Gasteiger partial charge in [0.25, 0.3) is 0 Å². The molecule has 10 N–H and O–H groups in total. The van der Waals surface area contributed by atoms with Crippen molar-refractivity contribution in [1.82, 2.24) is 10.0 Å². The molecule has 2 aliphatic heterocycles. The average Bonchev–Trinajstić information content (AvgIpc) is 2.85. The minimum absolute atomic E-state index is 0.0844. The Morgan fingerprint density at radius 2 is 2.00 bits per heavy atom. The summed E-state index contributed by atoms with van der Waals surface area (Å²) >= 11 is 0. The summed E-state index contributed by atoms with van der Waals surface area (Å²) in [5.74, 6) is 0.394. The lowest BCUT2D eigenvalue weighted by atomic mass is 9.84. The van der Waals surface area contributed by atoms with Gasteiger partial charge in [0, 0.05) is 25.6 Å². The van der Waals surface area contributed by atoms with Gasteiger partial charge < -0.3 is 56.2 Å². The predicted octanol–water partition coefficient (Wildman–Crippen LogP) is -3.20. The van der Waals surface area contributed by atoms with Crippen LogP contribution in [0.2, 0.25) is 0 Å². The molecule has 222 valence electrons. The minimum Gasteiger partial charge on any atom is -0.468 e. The summed E-state index contributed by atoms with van der Waals surface area (Å²) in [4.78, 5) is 0. The number of rotatable bonds is 13. The van der Waals surface area contributed by atoms with Crippen LogP contribution in [0.25, 0.3) is 0 Å². The van der Waals surface area contributed by atoms with Crippen LogP contribution >= 0.6 is 0 Å². The number of aliphatic hydroxyl groups excluding tert-OH is 4. The van der Waals surface area contributed by atoms with Crippen molar-refractivity contribution in [3.8, 4) is 0 Å². The summed E-state index contributed by atoms with van der Waals surface area (Å²) in [5.41, 5.74) is 11.8. The van der Waals surface area contributed by atoms with E-state index in [0.29, 0.717) is 38.2 Å². The molecule has 15 heteroatoms. The highest BCUT2D eigenvalue weighted by Crippen LogP contribution is 2.31. The summed E-state index contributed by atoms with van der Waals surface area (Å²) < 4.78 is 51.1. The summed E-state index contributed by atoms with van der Waals surface area (Å²) in [6.07, 6.45) is -3.51. The molecule has 3 aliphatic rings. The van der Waals surface area contributed by atoms with E-state index in [0.717, 1.165) is 0 Å². The molecule has 0 aromatic carbocycles. The number of ether oxygens (including phenoxy) is 4. The van der Waals surface area contributed by atoms with Gasteiger partial charge in [-0.1, -0.05) is 6.92 Å². The van der Waals surface area contributed by atoms with Gasteiger partial charge in [0.05, 0.1) is 37.7 Å². The topological polar surface area (TPSA) is 228 Å². The molecular formula is C23H44N4O10S. The Morgan fingerprint density at radius 1 is 1.24 bits per heavy atom. The molecule has 0 amide bonds. The summed E-state index contributed by atoms with van der Waals surface area (Å²) in [6, 6.07) is -1.67. The van der Waals surface area contributed by atoms with E-state index >= 15 is 0 Å². The van der Waals surface area contributed by atoms with Gasteiger partial charge in [-0.15, -0.1) is 0 Å². The first kappa shape index (κ1) is 31.6. The van der Waals surface area contributed by atoms with Crippen molar-refractivity contribution >= 4 is 10.0 Å². The monoisotopic (exact) mass is 568 g/mol. The van der Waals surface area contributed by atoms with Crippen LogP contribution < -0.4 is 21.5 Å². The molecule has 0 aromatic heterocycles. The van der Waals surface area contributed by atoms with Gasteiger partial charge in [-0.3, -0.25) is 0 Å². The lowest BCUT2D eigenvalue weighted by Gasteiger charge is -2.46. The van der Waals surface area contributed by atoms with Crippen LogP contribution in [0.1, 0.15) is 32.6 Å². The lowest BCUT2D eigenvalue weighted by molar-refractivity contribution is -0.281. The smallest absolute Gasteiger partial charge is 0.213 e. The summed E-state index contributed by atoms with van der Waals surface area (Å²) in [6.45, 7) is 2.33. The van der Waals surface area contributed by atoms with Gasteiger partial charge in [-0.25, -0.2) is 13.1 Å². The highest BCUT2D eigenvalue weighted by atomic mass is 32.2. The first-order valence-electron chi connectivity index (χ1n) is 13.1. The molecule has 1 saturated heterocycles. The molecule has 14 nitrogen and oxygen atoms in total. The minimum atomic E-state index is -3.78. The van der Waals surface area contributed by atoms with E-state index in [9.17, 15) is 23.7 Å². The number of sulfonamides is 1. The number of nitrogens with two attached hydrogens (primary N) is 2. The fourth-order valence-electron chi connectivity index (χ4n) is 4.87. The first-order chi connectivity index (χ1) is 18.0. The second kappa shape index (κ2) is 14.6. The highest BCUT2D eigenvalue weighted by Gasteiger charge is 2.48. The number of allylic oxidation sites excluding steroid dienone is 1. The molecule has 3 rings (SSSR count). The molecule has 1 unspecified atom stereocenters. The van der Waals surface area contributed by atoms with Gasteiger partial charge >= 0.3 is 0 Å². The summed E-state index contributed by atoms with van der Waals surface area (Å²) in [7, 11) is -3.78. The largest absolute Gasteiger partial charge is 0.468 e. The predicted molar refractivity (Wildman–Crippen MR) is 136 cm³/mol. The SMILES string of the molecule is C[C@@H]1CO[C@H](O[C@@H]2[C@@H](O)[C@H](O[C@@H]3CCC=C(CNCC(O)CO)O3)[C@@H](N)C[C@H]2NS(=O)(=O)CCN)[C@H](O)C1. The third kappa shape index (κ3) is 9.04. The van der Waals surface area contributed by atoms with Crippen molar-refractivity contribution in [2.45, 2.75) is 87.8 Å². The summed E-state index contributed by atoms with van der Waals surface area (Å²) in [5, 5.41) is 43.2. The molecule has 0 spiro atoms. The maximum Gasteiger partial charge on any atom is 0.213 e. The van der Waals surface area contributed by atoms with Crippen LogP contribution in [0.3, 0.4) is 0 Å². The highest BCUT2D eigenvalue weighted by molar-refractivity contribution is 7.89. The van der Waals surface area contributed by atoms with Crippen LogP contribution in [-0.4, -0.2) is 123 Å². The molecule has 0 radical (unpaired) electrons. The van der Waals surface area contributed by atoms with Gasteiger partial charge in [0.2, 0.25) is 10.0 Å². The second-order valence-electron chi connectivity index (χ2n) is 10.3. The van der Waals surface area contributed by atoms with Crippen LogP contribution in [0.4, 0.5) is 0 Å². The van der Waals surface area contributed by atoms with E-state index in [1.54, 1.807) is 0 Å². The second-order valence-corrected chi connectivity index (χ2v) is 12.2. The Kier molecular flexibility index (Phi) is 12.1. The molecular weight excluding hydrogens is 524 g/mol. The Bertz CT molecular complexity index is 865. The molecule has 0 bridgehead atoms. The van der Waals surface area contributed by atoms with Gasteiger partial charge in [-0.05, 0) is 31.3 Å². The normalized spacial score (nSPS) is 37.3. The quantitative estimate of drug-likeness (QED) is 0.110. The van der Waals surface area contributed by atoms with Crippen molar-refractivity contribution < 1.29 is 47.8 Å². The van der Waals surface area contributed by atoms with Gasteiger partial charge in [0.15, 0.2) is 12.6 Å². The molecule has 1 aliphatic carbocycles. The molecule has 2 fully saturated rings. The van der Waals surface area contributed by atoms with Crippen molar-refractivity contribution in [3.63, 3.8) is 0 Å². The Labute approximate surface area is 223 Å². The van der Waals surface area contributed by atoms with Crippen LogP contribution in [-0.2, 0) is 29.0 Å². The van der Waals surface area contributed by atoms with E-state index in [-0.39, 0.29) is 37.8 Å². The molecule has 2 heterocycles. The number of aliphatic hydroxyl groups is 4. The van der Waals surface area contributed by atoms with Crippen molar-refractivity contribution in [1.29, 1.82) is 0 Å². The van der Waals surface area contributed by atoms with Crippen LogP contribution in [0.15, 0.2) is 11.8 Å². The third-order valence-corrected chi connectivity index (χ3v) is 8.22. The zero-order valence-electron chi connectivity index (χ0n) is 21.7. The molecule has 38 heavy (non-hydrogen) atoms. The number of hydrogen-bond acceptors (Lipinski definition) is 13. The van der Waals surface area contributed by atoms with Crippen molar-refractivity contribution in [3.05, 3.63) is 11.8 Å². The van der Waals surface area contributed by atoms with Gasteiger partial charge in [0.1, 0.15) is 30.2 Å². The maximum atomic E-state index is 12.5. The molecule has 10 atom stereocenters. The zero-order chi connectivity index (χ0) is 27.9. The maximum absolute atomic E-state index is 12.5. The third-order valence-electron chi connectivity index (χ3n) is 6.79. The zero-order valence-corrected chi connectivity index (χ0v) is 22.5. The van der Waals surface area contributed by atoms with Gasteiger partial charge in [-0.2, -0.15) is 0 Å². The Morgan fingerprint density at radius 3 is 2.68 bits per heavy atom. The van der Waals surface area contributed by atoms with E-state index in [1.807, 2.05) is 13.0 Å². The Hall–Kier alpha value is -0.950. The number of nitrogens with one attached hydrogen (secondary N) is 2. The average molecular weight is 569 g/mol. The van der Waals surface area contributed by atoms with Crippen LogP contribution in [0, 0.1) is 5.92 Å². The fraction of sp³-hybridized carbons (Fsp3) is 0.913. The number of hydrogen-bond donors (Lipinski definition) is 8. The van der Waals surface area contributed by atoms with E-state index in [1.165, 1.54) is 0 Å². The Balaban J connectivity index is 1.68. The fourth-order valence-corrected chi connectivity index (χ4v) is 5.99. The van der Waals surface area contributed by atoms with Crippen molar-refractivity contribution in [2.75, 3.05) is 38.6 Å². The lowest BCUT2D eigenvalue weighted by Crippen LogP contribution is -2.66. The molecule has 1 saturated carbocycles. The first-order valence-corrected chi connectivity index (χ1v) is 14.8. The van der Waals surface area contributed by atoms with E-state index < -0.39 is 65.2 Å². The van der Waals surface area contributed by atoms with E-state index in [2.05, 4.69) is 10.0 Å². The standard InChI is InChI=1S/C23H44N4O10S/c1-13-7-18(30)23(34-12-13)37-22-17(27-38(32,33)6-5-24)8-16(25)21(20(22)31)36-19-4-2-3-15(35-19)10-26-9-14(29)11-28/h3,13-14,16-23,26-31H,2,4-12,24-25H2,1H3/t13-,14?,16-,17+,18+,19+,20-,21+,22-,23+/m0/s1.